The average Bonchev–Trinajstić information content (AvgIpc) is 2.86. The predicted octanol–water partition coefficient (Wildman–Crippen LogP) is 4.46. The Balaban J connectivity index is 2.20. The fraction of sp³-hybridized carbons (Fsp3) is 0.333. The SMILES string of the molecule is COc1cc(Br)ccc1C(=O)Nc1nc(C(C)(C)C)cs1. The standard InChI is InChI=1S/C15H17BrN2O2S/c1-15(2,3)12-8-21-14(17-12)18-13(19)10-6-5-9(16)7-11(10)20-4/h5-8H,1-4H3,(H,17,18,19). The van der Waals surface area contributed by atoms with Crippen molar-refractivity contribution in [3.8, 4) is 5.75 Å². The maximum atomic E-state index is 12.3. The fourth-order valence-corrected chi connectivity index (χ4v) is 2.97. The summed E-state index contributed by atoms with van der Waals surface area (Å²) < 4.78 is 6.10. The molecule has 0 fully saturated rings. The molecule has 4 nitrogen and oxygen atoms in total. The van der Waals surface area contributed by atoms with E-state index < -0.39 is 0 Å². The summed E-state index contributed by atoms with van der Waals surface area (Å²) in [4.78, 5) is 16.8. The Morgan fingerprint density at radius 3 is 2.67 bits per heavy atom. The van der Waals surface area contributed by atoms with Gasteiger partial charge in [-0.15, -0.1) is 11.3 Å². The van der Waals surface area contributed by atoms with Gasteiger partial charge in [-0.25, -0.2) is 4.98 Å². The van der Waals surface area contributed by atoms with E-state index >= 15 is 0 Å². The first-order chi connectivity index (χ1) is 9.81. The van der Waals surface area contributed by atoms with Crippen LogP contribution in [0.25, 0.3) is 0 Å². The van der Waals surface area contributed by atoms with Crippen molar-refractivity contribution in [2.24, 2.45) is 0 Å². The second-order valence-corrected chi connectivity index (χ2v) is 7.36. The zero-order chi connectivity index (χ0) is 15.6. The van der Waals surface area contributed by atoms with Crippen LogP contribution >= 0.6 is 27.3 Å². The molecular weight excluding hydrogens is 352 g/mol. The molecule has 2 rings (SSSR count). The van der Waals surface area contributed by atoms with Crippen LogP contribution in [0.2, 0.25) is 0 Å². The zero-order valence-electron chi connectivity index (χ0n) is 12.4. The Bertz CT molecular complexity index is 662. The number of halogens is 1. The topological polar surface area (TPSA) is 51.2 Å². The summed E-state index contributed by atoms with van der Waals surface area (Å²) in [5.74, 6) is 0.295. The lowest BCUT2D eigenvalue weighted by Crippen LogP contribution is -2.15. The third-order valence-electron chi connectivity index (χ3n) is 2.90. The van der Waals surface area contributed by atoms with E-state index in [0.29, 0.717) is 16.4 Å². The largest absolute Gasteiger partial charge is 0.496 e. The van der Waals surface area contributed by atoms with Gasteiger partial charge in [-0.2, -0.15) is 0 Å². The van der Waals surface area contributed by atoms with Crippen LogP contribution in [0.4, 0.5) is 5.13 Å². The average molecular weight is 369 g/mol. The number of thiazole rings is 1. The number of ether oxygens (including phenoxy) is 1. The van der Waals surface area contributed by atoms with Crippen LogP contribution in [-0.2, 0) is 5.41 Å². The van der Waals surface area contributed by atoms with Crippen molar-refractivity contribution in [1.29, 1.82) is 0 Å². The Hall–Kier alpha value is -1.40. The molecule has 1 aromatic carbocycles. The van der Waals surface area contributed by atoms with E-state index in [4.69, 9.17) is 4.74 Å². The molecule has 112 valence electrons. The molecule has 6 heteroatoms. The number of hydrogen-bond donors (Lipinski definition) is 1. The Kier molecular flexibility index (Phi) is 4.68. The normalized spacial score (nSPS) is 11.3. The number of methoxy groups -OCH3 is 1. The van der Waals surface area contributed by atoms with Crippen molar-refractivity contribution in [1.82, 2.24) is 4.98 Å². The number of nitrogens with one attached hydrogen (secondary N) is 1. The number of amides is 1. The molecule has 0 unspecified atom stereocenters. The van der Waals surface area contributed by atoms with Gasteiger partial charge in [0.2, 0.25) is 0 Å². The number of carbonyl (C=O) groups excluding carboxylic acids is 1. The van der Waals surface area contributed by atoms with Gasteiger partial charge in [0.1, 0.15) is 5.75 Å². The van der Waals surface area contributed by atoms with E-state index in [2.05, 4.69) is 47.0 Å². The molecule has 0 radical (unpaired) electrons. The lowest BCUT2D eigenvalue weighted by molar-refractivity contribution is 0.102. The maximum Gasteiger partial charge on any atom is 0.261 e. The van der Waals surface area contributed by atoms with E-state index in [1.54, 1.807) is 25.3 Å². The summed E-state index contributed by atoms with van der Waals surface area (Å²) in [6, 6.07) is 5.29. The van der Waals surface area contributed by atoms with Crippen LogP contribution in [0.1, 0.15) is 36.8 Å². The van der Waals surface area contributed by atoms with E-state index in [0.717, 1.165) is 10.2 Å². The lowest BCUT2D eigenvalue weighted by atomic mass is 9.93. The zero-order valence-corrected chi connectivity index (χ0v) is 14.8. The number of hydrogen-bond acceptors (Lipinski definition) is 4. The van der Waals surface area contributed by atoms with Crippen LogP contribution in [0.5, 0.6) is 5.75 Å². The molecule has 1 N–H and O–H groups in total. The summed E-state index contributed by atoms with van der Waals surface area (Å²) in [6.07, 6.45) is 0. The number of anilines is 1. The molecule has 1 heterocycles. The van der Waals surface area contributed by atoms with E-state index in [-0.39, 0.29) is 11.3 Å². The van der Waals surface area contributed by atoms with Crippen LogP contribution in [0, 0.1) is 0 Å². The molecule has 0 aliphatic rings. The summed E-state index contributed by atoms with van der Waals surface area (Å²) in [7, 11) is 1.54. The van der Waals surface area contributed by atoms with Gasteiger partial charge in [0.05, 0.1) is 18.4 Å². The molecule has 2 aromatic rings. The number of rotatable bonds is 3. The quantitative estimate of drug-likeness (QED) is 0.869. The predicted molar refractivity (Wildman–Crippen MR) is 89.5 cm³/mol. The first kappa shape index (κ1) is 16.0. The maximum absolute atomic E-state index is 12.3. The van der Waals surface area contributed by atoms with Gasteiger partial charge < -0.3 is 4.74 Å². The Morgan fingerprint density at radius 1 is 1.38 bits per heavy atom. The first-order valence-corrected chi connectivity index (χ1v) is 8.09. The second-order valence-electron chi connectivity index (χ2n) is 5.59. The van der Waals surface area contributed by atoms with Crippen molar-refractivity contribution in [3.63, 3.8) is 0 Å². The minimum atomic E-state index is -0.228. The molecule has 21 heavy (non-hydrogen) atoms. The van der Waals surface area contributed by atoms with Crippen molar-refractivity contribution < 1.29 is 9.53 Å². The van der Waals surface area contributed by atoms with Gasteiger partial charge in [0.25, 0.3) is 5.91 Å². The van der Waals surface area contributed by atoms with Gasteiger partial charge in [0, 0.05) is 15.3 Å². The summed E-state index contributed by atoms with van der Waals surface area (Å²) in [6.45, 7) is 6.27. The van der Waals surface area contributed by atoms with E-state index in [9.17, 15) is 4.79 Å². The van der Waals surface area contributed by atoms with Gasteiger partial charge in [-0.05, 0) is 18.2 Å². The van der Waals surface area contributed by atoms with Crippen molar-refractivity contribution >= 4 is 38.3 Å². The molecule has 0 aliphatic carbocycles. The molecule has 1 amide bonds. The minimum absolute atomic E-state index is 0.0330. The second kappa shape index (κ2) is 6.15. The van der Waals surface area contributed by atoms with Gasteiger partial charge in [0.15, 0.2) is 5.13 Å². The van der Waals surface area contributed by atoms with Crippen LogP contribution in [0.15, 0.2) is 28.1 Å². The summed E-state index contributed by atoms with van der Waals surface area (Å²) in [5.41, 5.74) is 1.41. The van der Waals surface area contributed by atoms with Gasteiger partial charge >= 0.3 is 0 Å². The highest BCUT2D eigenvalue weighted by atomic mass is 79.9. The molecule has 0 aliphatic heterocycles. The smallest absolute Gasteiger partial charge is 0.261 e. The van der Waals surface area contributed by atoms with Crippen LogP contribution < -0.4 is 10.1 Å². The van der Waals surface area contributed by atoms with Gasteiger partial charge in [-0.1, -0.05) is 36.7 Å². The first-order valence-electron chi connectivity index (χ1n) is 6.42. The molecule has 0 saturated carbocycles. The fourth-order valence-electron chi connectivity index (χ4n) is 1.69. The van der Waals surface area contributed by atoms with E-state index in [1.165, 1.54) is 11.3 Å². The molecule has 0 atom stereocenters. The highest BCUT2D eigenvalue weighted by Gasteiger charge is 2.19. The third-order valence-corrected chi connectivity index (χ3v) is 4.15. The van der Waals surface area contributed by atoms with Crippen molar-refractivity contribution in [3.05, 3.63) is 39.3 Å². The Labute approximate surface area is 136 Å². The highest BCUT2D eigenvalue weighted by Crippen LogP contribution is 2.28. The number of carbonyl (C=O) groups is 1. The Morgan fingerprint density at radius 2 is 2.10 bits per heavy atom. The van der Waals surface area contributed by atoms with E-state index in [1.807, 2.05) is 5.38 Å². The number of aromatic nitrogens is 1. The molecule has 1 aromatic heterocycles. The number of benzene rings is 1. The highest BCUT2D eigenvalue weighted by molar-refractivity contribution is 9.10. The molecule has 0 saturated heterocycles. The van der Waals surface area contributed by atoms with Crippen LogP contribution in [0.3, 0.4) is 0 Å². The molecular formula is C15H17BrN2O2S. The van der Waals surface area contributed by atoms with Gasteiger partial charge in [-0.3, -0.25) is 10.1 Å². The minimum Gasteiger partial charge on any atom is -0.496 e. The number of nitrogens with zero attached hydrogens (tertiary/aromatic N) is 1. The molecule has 0 bridgehead atoms. The van der Waals surface area contributed by atoms with Crippen LogP contribution in [-0.4, -0.2) is 18.0 Å². The monoisotopic (exact) mass is 368 g/mol. The van der Waals surface area contributed by atoms with Crippen molar-refractivity contribution in [2.45, 2.75) is 26.2 Å². The lowest BCUT2D eigenvalue weighted by Gasteiger charge is -2.14. The summed E-state index contributed by atoms with van der Waals surface area (Å²) >= 11 is 4.78. The van der Waals surface area contributed by atoms with Crippen molar-refractivity contribution in [2.75, 3.05) is 12.4 Å². The third kappa shape index (κ3) is 3.83. The summed E-state index contributed by atoms with van der Waals surface area (Å²) in [5, 5.41) is 5.38. The molecule has 0 spiro atoms.